The first-order valence-corrected chi connectivity index (χ1v) is 24.3. The molecule has 0 rings (SSSR count). The van der Waals surface area contributed by atoms with E-state index in [9.17, 15) is 19.2 Å². The third kappa shape index (κ3) is 58.3. The molecule has 0 heterocycles. The quantitative estimate of drug-likeness (QED) is 0.0504. The molecule has 0 bridgehead atoms. The highest BCUT2D eigenvalue weighted by atomic mass is 16.5. The van der Waals surface area contributed by atoms with Crippen molar-refractivity contribution >= 4 is 23.1 Å². The van der Waals surface area contributed by atoms with Crippen molar-refractivity contribution in [2.45, 2.75) is 186 Å². The minimum atomic E-state index is -0.353. The molecule has 63 heavy (non-hydrogen) atoms. The van der Waals surface area contributed by atoms with Gasteiger partial charge in [0, 0.05) is 107 Å². The fraction of sp³-hybridized carbons (Fsp3) is 0.920. The van der Waals surface area contributed by atoms with Crippen molar-refractivity contribution in [1.29, 1.82) is 0 Å². The van der Waals surface area contributed by atoms with Crippen LogP contribution in [0.5, 0.6) is 0 Å². The van der Waals surface area contributed by atoms with Gasteiger partial charge in [-0.3, -0.25) is 19.2 Å². The Morgan fingerprint density at radius 3 is 1.06 bits per heavy atom. The summed E-state index contributed by atoms with van der Waals surface area (Å²) in [6, 6.07) is 1.49. The fourth-order valence-corrected chi connectivity index (χ4v) is 5.30. The highest BCUT2D eigenvalue weighted by molar-refractivity contribution is 5.88. The third-order valence-electron chi connectivity index (χ3n) is 9.21. The van der Waals surface area contributed by atoms with Crippen molar-refractivity contribution in [3.63, 3.8) is 0 Å². The molecule has 0 amide bonds. The molecule has 3 N–H and O–H groups in total. The molecule has 0 aromatic carbocycles. The average Bonchev–Trinajstić information content (AvgIpc) is 3.18. The Balaban J connectivity index is -0.000000869. The summed E-state index contributed by atoms with van der Waals surface area (Å²) >= 11 is 0. The highest BCUT2D eigenvalue weighted by Crippen LogP contribution is 2.20. The van der Waals surface area contributed by atoms with Crippen LogP contribution in [-0.2, 0) is 47.6 Å². The van der Waals surface area contributed by atoms with Crippen molar-refractivity contribution in [3.05, 3.63) is 0 Å². The van der Waals surface area contributed by atoms with Gasteiger partial charge in [0.1, 0.15) is 23.1 Å². The number of hydrogen-bond donors (Lipinski definition) is 3. The number of nitrogens with one attached hydrogen (secondary N) is 3. The molecular formula is C50H101N3O10. The van der Waals surface area contributed by atoms with Gasteiger partial charge in [-0.2, -0.15) is 0 Å². The van der Waals surface area contributed by atoms with E-state index in [4.69, 9.17) is 28.4 Å². The summed E-state index contributed by atoms with van der Waals surface area (Å²) in [6.07, 6.45) is 7.21. The summed E-state index contributed by atoms with van der Waals surface area (Å²) in [4.78, 5) is 46.5. The average molecular weight is 904 g/mol. The van der Waals surface area contributed by atoms with Gasteiger partial charge in [0.2, 0.25) is 0 Å². The summed E-state index contributed by atoms with van der Waals surface area (Å²) < 4.78 is 32.7. The maximum Gasteiger partial charge on any atom is 0.138 e. The largest absolute Gasteiger partial charge is 0.379 e. The minimum absolute atomic E-state index is 0.0712. The standard InChI is InChI=1S/2C18H35NO4.C14H31NO2/c1-15(2)19-10-12-23-14-13-22-11-6-7-16(20)8-9-17(21)18(3,4)5;1-15(2)18(21)9-5-7-17(20)8-6-11-22-13-14-23-12-10-19-16(3)4;1-13(2)15-8-10-17-12-11-16-9-6-7-14(3,4)5/h15,19H,6-14H2,1-5H3;15-16,19H,5-14H2,1-4H3;13,15H,6-12H2,1-5H3. The van der Waals surface area contributed by atoms with Crippen molar-refractivity contribution < 1.29 is 47.6 Å². The molecular weight excluding hydrogens is 803 g/mol. The Morgan fingerprint density at radius 2 is 0.730 bits per heavy atom. The van der Waals surface area contributed by atoms with Gasteiger partial charge >= 0.3 is 0 Å². The van der Waals surface area contributed by atoms with Crippen LogP contribution in [0, 0.1) is 16.7 Å². The lowest BCUT2D eigenvalue weighted by Gasteiger charge is -2.17. The molecule has 13 heteroatoms. The molecule has 0 aliphatic carbocycles. The van der Waals surface area contributed by atoms with E-state index >= 15 is 0 Å². The Morgan fingerprint density at radius 1 is 0.397 bits per heavy atom. The smallest absolute Gasteiger partial charge is 0.138 e. The van der Waals surface area contributed by atoms with Gasteiger partial charge in [-0.25, -0.2) is 0 Å². The first-order valence-electron chi connectivity index (χ1n) is 24.3. The predicted octanol–water partition coefficient (Wildman–Crippen LogP) is 8.37. The van der Waals surface area contributed by atoms with Crippen molar-refractivity contribution in [2.24, 2.45) is 16.7 Å². The van der Waals surface area contributed by atoms with Gasteiger partial charge in [0.05, 0.1) is 59.5 Å². The van der Waals surface area contributed by atoms with E-state index in [0.717, 1.165) is 45.7 Å². The number of ether oxygens (including phenoxy) is 6. The molecule has 0 aromatic rings. The number of hydrogen-bond acceptors (Lipinski definition) is 13. The fourth-order valence-electron chi connectivity index (χ4n) is 5.30. The van der Waals surface area contributed by atoms with Gasteiger partial charge in [-0.15, -0.1) is 0 Å². The minimum Gasteiger partial charge on any atom is -0.379 e. The van der Waals surface area contributed by atoms with Crippen LogP contribution in [0.4, 0.5) is 0 Å². The Bertz CT molecular complexity index is 1070. The SMILES string of the molecule is CC(C)NCCOCCOCCCC(=O)CCC(=O)C(C)(C)C.CC(C)NCCOCCOCCCC(=O)CCCC(=O)C(C)C.CC(C)NCCOCCOCCCC(C)(C)C. The molecule has 0 aromatic heterocycles. The van der Waals surface area contributed by atoms with Crippen molar-refractivity contribution in [1.82, 2.24) is 16.0 Å². The lowest BCUT2D eigenvalue weighted by atomic mass is 9.87. The van der Waals surface area contributed by atoms with Gasteiger partial charge in [-0.05, 0) is 37.5 Å². The van der Waals surface area contributed by atoms with Crippen LogP contribution in [-0.4, -0.2) is 140 Å². The molecule has 376 valence electrons. The van der Waals surface area contributed by atoms with Crippen LogP contribution in [0.2, 0.25) is 0 Å². The topological polar surface area (TPSA) is 160 Å². The number of carbonyl (C=O) groups is 4. The highest BCUT2D eigenvalue weighted by Gasteiger charge is 2.21. The number of Topliss-reactive ketones (excluding diaryl/α,β-unsaturated/α-hetero) is 4. The second-order valence-electron chi connectivity index (χ2n) is 19.6. The maximum absolute atomic E-state index is 11.7. The Hall–Kier alpha value is -1.68. The number of ketones is 4. The van der Waals surface area contributed by atoms with E-state index in [2.05, 4.69) is 78.3 Å². The van der Waals surface area contributed by atoms with E-state index in [-0.39, 0.29) is 34.5 Å². The molecule has 0 spiro atoms. The van der Waals surface area contributed by atoms with Gasteiger partial charge in [0.25, 0.3) is 0 Å². The van der Waals surface area contributed by atoms with Gasteiger partial charge < -0.3 is 44.4 Å². The third-order valence-corrected chi connectivity index (χ3v) is 9.21. The van der Waals surface area contributed by atoms with Crippen LogP contribution >= 0.6 is 0 Å². The first-order chi connectivity index (χ1) is 29.6. The molecule has 0 unspecified atom stereocenters. The molecule has 0 fully saturated rings. The molecule has 0 saturated heterocycles. The van der Waals surface area contributed by atoms with Gasteiger partial charge in [-0.1, -0.05) is 96.9 Å². The second kappa shape index (κ2) is 44.2. The number of carbonyl (C=O) groups excluding carboxylic acids is 4. The second-order valence-corrected chi connectivity index (χ2v) is 19.6. The zero-order chi connectivity index (χ0) is 48.4. The van der Waals surface area contributed by atoms with Crippen molar-refractivity contribution in [3.8, 4) is 0 Å². The molecule has 0 saturated carbocycles. The zero-order valence-electron chi connectivity index (χ0n) is 43.3. The maximum atomic E-state index is 11.7. The lowest BCUT2D eigenvalue weighted by molar-refractivity contribution is -0.129. The first kappa shape index (κ1) is 65.6. The van der Waals surface area contributed by atoms with E-state index in [0.29, 0.717) is 141 Å². The van der Waals surface area contributed by atoms with E-state index in [1.807, 2.05) is 34.6 Å². The summed E-state index contributed by atoms with van der Waals surface area (Å²) in [7, 11) is 0. The summed E-state index contributed by atoms with van der Waals surface area (Å²) in [6.45, 7) is 39.4. The van der Waals surface area contributed by atoms with Crippen LogP contribution in [0.1, 0.15) is 168 Å². The van der Waals surface area contributed by atoms with Crippen molar-refractivity contribution in [2.75, 3.05) is 98.9 Å². The molecule has 13 nitrogen and oxygen atoms in total. The predicted molar refractivity (Wildman–Crippen MR) is 259 cm³/mol. The molecule has 0 aliphatic heterocycles. The Kier molecular flexibility index (Phi) is 46.0. The number of rotatable bonds is 40. The van der Waals surface area contributed by atoms with E-state index in [1.54, 1.807) is 0 Å². The van der Waals surface area contributed by atoms with Crippen LogP contribution < -0.4 is 16.0 Å². The summed E-state index contributed by atoms with van der Waals surface area (Å²) in [5.41, 5.74) is 0.0659. The zero-order valence-corrected chi connectivity index (χ0v) is 43.3. The summed E-state index contributed by atoms with van der Waals surface area (Å²) in [5.74, 6) is 0.821. The molecule has 0 atom stereocenters. The normalized spacial score (nSPS) is 11.8. The van der Waals surface area contributed by atoms with Gasteiger partial charge in [0.15, 0.2) is 0 Å². The van der Waals surface area contributed by atoms with E-state index < -0.39 is 0 Å². The Labute approximate surface area is 387 Å². The van der Waals surface area contributed by atoms with Crippen LogP contribution in [0.3, 0.4) is 0 Å². The molecule has 0 aliphatic rings. The monoisotopic (exact) mass is 904 g/mol. The molecule has 0 radical (unpaired) electrons. The lowest BCUT2D eigenvalue weighted by Crippen LogP contribution is -2.27. The van der Waals surface area contributed by atoms with Crippen LogP contribution in [0.15, 0.2) is 0 Å². The van der Waals surface area contributed by atoms with E-state index in [1.165, 1.54) is 6.42 Å². The van der Waals surface area contributed by atoms with Crippen LogP contribution in [0.25, 0.3) is 0 Å². The summed E-state index contributed by atoms with van der Waals surface area (Å²) in [5, 5.41) is 9.85.